The van der Waals surface area contributed by atoms with Gasteiger partial charge in [-0.1, -0.05) is 30.3 Å². The molecule has 0 N–H and O–H groups in total. The van der Waals surface area contributed by atoms with E-state index >= 15 is 0 Å². The van der Waals surface area contributed by atoms with Crippen LogP contribution in [0.4, 0.5) is 10.8 Å². The van der Waals surface area contributed by atoms with Gasteiger partial charge in [0.25, 0.3) is 0 Å². The Morgan fingerprint density at radius 1 is 1.08 bits per heavy atom. The van der Waals surface area contributed by atoms with Crippen LogP contribution < -0.4 is 14.5 Å². The van der Waals surface area contributed by atoms with Crippen molar-refractivity contribution in [3.8, 4) is 5.75 Å². The first-order chi connectivity index (χ1) is 18.6. The molecule has 1 saturated heterocycles. The third-order valence-corrected chi connectivity index (χ3v) is 7.65. The standard InChI is InChI=1S/C29H33N5O3S/c1-22-7-3-4-11-26(22)32-14-16-33(17-15-32)28(35)12-13-34(21-25-10-6-18-37-25)29-30-27(31-38-29)20-23-8-5-9-24(19-23)36-2/h3-11,18-19H,12-17,20-21H2,1-2H3. The molecule has 0 atom stereocenters. The van der Waals surface area contributed by atoms with Crippen LogP contribution in [-0.4, -0.2) is 60.0 Å². The molecule has 4 aromatic rings. The van der Waals surface area contributed by atoms with Crippen molar-refractivity contribution in [2.24, 2.45) is 0 Å². The molecule has 3 heterocycles. The van der Waals surface area contributed by atoms with Gasteiger partial charge in [0.2, 0.25) is 11.0 Å². The summed E-state index contributed by atoms with van der Waals surface area (Å²) >= 11 is 1.36. The predicted molar refractivity (Wildman–Crippen MR) is 150 cm³/mol. The quantitative estimate of drug-likeness (QED) is 0.291. The molecule has 2 aromatic carbocycles. The molecule has 1 aliphatic rings. The number of amides is 1. The Bertz CT molecular complexity index is 1330. The highest BCUT2D eigenvalue weighted by atomic mass is 32.1. The summed E-state index contributed by atoms with van der Waals surface area (Å²) in [6.45, 7) is 6.37. The van der Waals surface area contributed by atoms with Crippen LogP contribution in [0.1, 0.15) is 29.1 Å². The molecule has 0 spiro atoms. The fourth-order valence-electron chi connectivity index (χ4n) is 4.75. The molecule has 2 aromatic heterocycles. The van der Waals surface area contributed by atoms with Crippen LogP contribution in [0.2, 0.25) is 0 Å². The largest absolute Gasteiger partial charge is 0.497 e. The minimum atomic E-state index is 0.167. The van der Waals surface area contributed by atoms with Gasteiger partial charge in [-0.3, -0.25) is 4.79 Å². The van der Waals surface area contributed by atoms with Crippen molar-refractivity contribution in [2.45, 2.75) is 26.3 Å². The smallest absolute Gasteiger partial charge is 0.224 e. The zero-order valence-corrected chi connectivity index (χ0v) is 22.7. The molecule has 0 aliphatic carbocycles. The number of para-hydroxylation sites is 1. The second-order valence-electron chi connectivity index (χ2n) is 9.43. The Morgan fingerprint density at radius 2 is 1.92 bits per heavy atom. The lowest BCUT2D eigenvalue weighted by Gasteiger charge is -2.37. The van der Waals surface area contributed by atoms with Crippen molar-refractivity contribution in [3.63, 3.8) is 0 Å². The van der Waals surface area contributed by atoms with Crippen LogP contribution in [0, 0.1) is 6.92 Å². The summed E-state index contributed by atoms with van der Waals surface area (Å²) in [6.07, 6.45) is 2.70. The number of anilines is 2. The first kappa shape index (κ1) is 25.8. The van der Waals surface area contributed by atoms with E-state index in [2.05, 4.69) is 45.4 Å². The van der Waals surface area contributed by atoms with Crippen LogP contribution in [0.5, 0.6) is 5.75 Å². The highest BCUT2D eigenvalue weighted by Crippen LogP contribution is 2.24. The first-order valence-electron chi connectivity index (χ1n) is 12.9. The SMILES string of the molecule is COc1cccc(Cc2nsc(N(CCC(=O)N3CCN(c4ccccc4C)CC3)Cc3ccco3)n2)c1. The summed E-state index contributed by atoms with van der Waals surface area (Å²) < 4.78 is 15.5. The van der Waals surface area contributed by atoms with Crippen LogP contribution in [0.25, 0.3) is 0 Å². The molecular formula is C29H33N5O3S. The topological polar surface area (TPSA) is 74.9 Å². The van der Waals surface area contributed by atoms with Crippen molar-refractivity contribution < 1.29 is 13.9 Å². The van der Waals surface area contributed by atoms with E-state index in [4.69, 9.17) is 14.1 Å². The van der Waals surface area contributed by atoms with Gasteiger partial charge in [0.15, 0.2) is 0 Å². The number of benzene rings is 2. The highest BCUT2D eigenvalue weighted by molar-refractivity contribution is 7.09. The number of aromatic nitrogens is 2. The lowest BCUT2D eigenvalue weighted by atomic mass is 10.1. The van der Waals surface area contributed by atoms with E-state index in [-0.39, 0.29) is 5.91 Å². The minimum absolute atomic E-state index is 0.167. The number of carbonyl (C=O) groups is 1. The van der Waals surface area contributed by atoms with Gasteiger partial charge < -0.3 is 23.9 Å². The lowest BCUT2D eigenvalue weighted by molar-refractivity contribution is -0.131. The summed E-state index contributed by atoms with van der Waals surface area (Å²) in [5.74, 6) is 2.56. The number of ether oxygens (including phenoxy) is 1. The molecular weight excluding hydrogens is 498 g/mol. The second kappa shape index (κ2) is 12.1. The third kappa shape index (κ3) is 6.34. The van der Waals surface area contributed by atoms with Crippen molar-refractivity contribution in [2.75, 3.05) is 49.6 Å². The fourth-order valence-corrected chi connectivity index (χ4v) is 5.46. The van der Waals surface area contributed by atoms with Crippen LogP contribution >= 0.6 is 11.5 Å². The number of rotatable bonds is 10. The van der Waals surface area contributed by atoms with Gasteiger partial charge in [0.05, 0.1) is 19.9 Å². The molecule has 198 valence electrons. The summed E-state index contributed by atoms with van der Waals surface area (Å²) in [5, 5.41) is 0.788. The van der Waals surface area contributed by atoms with Gasteiger partial charge >= 0.3 is 0 Å². The number of hydrogen-bond acceptors (Lipinski definition) is 8. The Kier molecular flexibility index (Phi) is 8.23. The van der Waals surface area contributed by atoms with E-state index in [0.717, 1.165) is 54.2 Å². The summed E-state index contributed by atoms with van der Waals surface area (Å²) in [7, 11) is 1.66. The third-order valence-electron chi connectivity index (χ3n) is 6.84. The van der Waals surface area contributed by atoms with Gasteiger partial charge in [0.1, 0.15) is 17.3 Å². The maximum absolute atomic E-state index is 13.2. The number of furan rings is 1. The Hall–Kier alpha value is -3.85. The van der Waals surface area contributed by atoms with Crippen LogP contribution in [-0.2, 0) is 17.8 Å². The van der Waals surface area contributed by atoms with Crippen LogP contribution in [0.3, 0.4) is 0 Å². The summed E-state index contributed by atoms with van der Waals surface area (Å²) in [4.78, 5) is 24.4. The number of aryl methyl sites for hydroxylation is 1. The maximum Gasteiger partial charge on any atom is 0.224 e. The summed E-state index contributed by atoms with van der Waals surface area (Å²) in [5.41, 5.74) is 3.61. The van der Waals surface area contributed by atoms with E-state index in [0.29, 0.717) is 25.9 Å². The Balaban J connectivity index is 1.20. The van der Waals surface area contributed by atoms with Crippen molar-refractivity contribution in [1.82, 2.24) is 14.3 Å². The van der Waals surface area contributed by atoms with E-state index < -0.39 is 0 Å². The zero-order valence-electron chi connectivity index (χ0n) is 21.9. The van der Waals surface area contributed by atoms with E-state index in [1.807, 2.05) is 41.3 Å². The monoisotopic (exact) mass is 531 g/mol. The van der Waals surface area contributed by atoms with Gasteiger partial charge in [0, 0.05) is 62.8 Å². The van der Waals surface area contributed by atoms with Gasteiger partial charge in [-0.25, -0.2) is 4.98 Å². The molecule has 1 amide bonds. The maximum atomic E-state index is 13.2. The molecule has 9 heteroatoms. The Morgan fingerprint density at radius 3 is 2.68 bits per heavy atom. The number of hydrogen-bond donors (Lipinski definition) is 0. The van der Waals surface area contributed by atoms with Crippen molar-refractivity contribution in [3.05, 3.63) is 89.6 Å². The molecule has 1 aliphatic heterocycles. The number of nitrogens with zero attached hydrogens (tertiary/aromatic N) is 5. The zero-order chi connectivity index (χ0) is 26.3. The molecule has 0 saturated carbocycles. The van der Waals surface area contributed by atoms with Gasteiger partial charge in [-0.05, 0) is 48.4 Å². The Labute approximate surface area is 227 Å². The van der Waals surface area contributed by atoms with E-state index in [1.165, 1.54) is 22.8 Å². The van der Waals surface area contributed by atoms with E-state index in [9.17, 15) is 4.79 Å². The molecule has 1 fully saturated rings. The number of methoxy groups -OCH3 is 1. The van der Waals surface area contributed by atoms with Crippen LogP contribution in [0.15, 0.2) is 71.3 Å². The normalized spacial score (nSPS) is 13.5. The lowest BCUT2D eigenvalue weighted by Crippen LogP contribution is -2.49. The molecule has 5 rings (SSSR count). The van der Waals surface area contributed by atoms with Gasteiger partial charge in [-0.2, -0.15) is 4.37 Å². The molecule has 0 radical (unpaired) electrons. The molecule has 0 bridgehead atoms. The average molecular weight is 532 g/mol. The first-order valence-corrected chi connectivity index (χ1v) is 13.7. The minimum Gasteiger partial charge on any atom is -0.497 e. The number of piperazine rings is 1. The van der Waals surface area contributed by atoms with Gasteiger partial charge in [-0.15, -0.1) is 0 Å². The average Bonchev–Trinajstić information content (AvgIpc) is 3.64. The number of carbonyl (C=O) groups excluding carboxylic acids is 1. The molecule has 38 heavy (non-hydrogen) atoms. The second-order valence-corrected chi connectivity index (χ2v) is 10.2. The van der Waals surface area contributed by atoms with E-state index in [1.54, 1.807) is 13.4 Å². The van der Waals surface area contributed by atoms with Crippen molar-refractivity contribution >= 4 is 28.3 Å². The van der Waals surface area contributed by atoms with Crippen molar-refractivity contribution in [1.29, 1.82) is 0 Å². The molecule has 8 nitrogen and oxygen atoms in total. The molecule has 0 unspecified atom stereocenters. The predicted octanol–water partition coefficient (Wildman–Crippen LogP) is 4.78. The summed E-state index contributed by atoms with van der Waals surface area (Å²) in [6, 6.07) is 20.2. The fraction of sp³-hybridized carbons (Fsp3) is 0.345. The highest BCUT2D eigenvalue weighted by Gasteiger charge is 2.23.